The van der Waals surface area contributed by atoms with Crippen LogP contribution in [0.2, 0.25) is 0 Å². The number of carbonyl (C=O) groups excluding carboxylic acids is 1. The summed E-state index contributed by atoms with van der Waals surface area (Å²) in [6.07, 6.45) is 22.5. The van der Waals surface area contributed by atoms with Crippen LogP contribution in [0.4, 0.5) is 0 Å². The van der Waals surface area contributed by atoms with Crippen molar-refractivity contribution >= 4 is 17.7 Å². The summed E-state index contributed by atoms with van der Waals surface area (Å²) in [5.74, 6) is 0.944. The highest BCUT2D eigenvalue weighted by Gasteiger charge is 2.27. The van der Waals surface area contributed by atoms with E-state index >= 15 is 0 Å². The maximum atomic E-state index is 12.3. The molecule has 0 saturated carbocycles. The zero-order valence-electron chi connectivity index (χ0n) is 41.1. The van der Waals surface area contributed by atoms with Gasteiger partial charge in [0.05, 0.1) is 6.61 Å². The number of aryl methyl sites for hydroxylation is 1. The van der Waals surface area contributed by atoms with E-state index in [1.165, 1.54) is 89.9 Å². The molecule has 5 nitrogen and oxygen atoms in total. The second-order valence-electron chi connectivity index (χ2n) is 21.5. The Bertz CT molecular complexity index is 1630. The predicted molar refractivity (Wildman–Crippen MR) is 262 cm³/mol. The third-order valence-corrected chi connectivity index (χ3v) is 12.4. The van der Waals surface area contributed by atoms with Crippen LogP contribution in [0.25, 0.3) is 0 Å². The van der Waals surface area contributed by atoms with Gasteiger partial charge >= 0.3 is 5.97 Å². The second-order valence-corrected chi connectivity index (χ2v) is 22.7. The van der Waals surface area contributed by atoms with Gasteiger partial charge in [0.1, 0.15) is 17.2 Å². The van der Waals surface area contributed by atoms with Crippen molar-refractivity contribution in [3.05, 3.63) is 76.3 Å². The lowest BCUT2D eigenvalue weighted by molar-refractivity contribution is -0.143. The number of rotatable bonds is 22. The van der Waals surface area contributed by atoms with Gasteiger partial charge in [-0.05, 0) is 87.6 Å². The maximum Gasteiger partial charge on any atom is 0.306 e. The number of benzene rings is 3. The van der Waals surface area contributed by atoms with Crippen LogP contribution in [-0.4, -0.2) is 27.9 Å². The highest BCUT2D eigenvalue weighted by atomic mass is 32.2. The number of hydrogen-bond donors (Lipinski definition) is 3. The van der Waals surface area contributed by atoms with E-state index < -0.39 is 0 Å². The van der Waals surface area contributed by atoms with Crippen molar-refractivity contribution in [3.63, 3.8) is 0 Å². The van der Waals surface area contributed by atoms with E-state index in [-0.39, 0.29) is 27.6 Å². The van der Waals surface area contributed by atoms with Gasteiger partial charge in [-0.2, -0.15) is 0 Å². The van der Waals surface area contributed by atoms with Crippen LogP contribution in [0.15, 0.2) is 58.3 Å². The van der Waals surface area contributed by atoms with E-state index in [0.29, 0.717) is 36.7 Å². The Balaban J connectivity index is 0.000000472. The van der Waals surface area contributed by atoms with Gasteiger partial charge in [-0.3, -0.25) is 4.79 Å². The molecule has 0 spiro atoms. The molecule has 0 saturated heterocycles. The molecule has 0 aliphatic heterocycles. The molecule has 344 valence electrons. The summed E-state index contributed by atoms with van der Waals surface area (Å²) in [6, 6.07) is 15.6. The Hall–Kier alpha value is -3.12. The van der Waals surface area contributed by atoms with Crippen molar-refractivity contribution in [2.45, 2.75) is 237 Å². The van der Waals surface area contributed by atoms with E-state index in [4.69, 9.17) is 4.74 Å². The fourth-order valence-corrected chi connectivity index (χ4v) is 8.53. The highest BCUT2D eigenvalue weighted by Crippen LogP contribution is 2.41. The lowest BCUT2D eigenvalue weighted by Gasteiger charge is -2.28. The standard InChI is InChI=1S/C35H62O3.C20H26O2S/c1-8-9-10-11-12-13-14-15-16-17-18-19-20-21-22-23-26-38-32(36)25-24-29-27-30(34(2,3)4)33(37)31(28-29)35(5,6)7;1-19(2,3)15-11-13(7-9-17(15)21)23-14-8-10-18(22)16(12-14)20(4,5)6/h27-28,37H,8-26H2,1-7H3;7-12,21-22H,1-6H3. The van der Waals surface area contributed by atoms with Gasteiger partial charge in [-0.1, -0.05) is 210 Å². The van der Waals surface area contributed by atoms with E-state index in [1.807, 2.05) is 24.3 Å². The van der Waals surface area contributed by atoms with Crippen molar-refractivity contribution in [1.29, 1.82) is 0 Å². The maximum absolute atomic E-state index is 12.3. The zero-order valence-corrected chi connectivity index (χ0v) is 41.9. The number of esters is 1. The van der Waals surface area contributed by atoms with Gasteiger partial charge in [-0.25, -0.2) is 0 Å². The normalized spacial score (nSPS) is 12.3. The molecule has 0 atom stereocenters. The quantitative estimate of drug-likeness (QED) is 0.0689. The van der Waals surface area contributed by atoms with Crippen LogP contribution in [0.1, 0.15) is 227 Å². The molecular formula is C55H88O5S. The third kappa shape index (κ3) is 20.7. The minimum Gasteiger partial charge on any atom is -0.508 e. The Morgan fingerprint density at radius 1 is 0.492 bits per heavy atom. The molecule has 0 heterocycles. The molecule has 3 aromatic rings. The lowest BCUT2D eigenvalue weighted by Crippen LogP contribution is -2.18. The molecule has 0 aliphatic rings. The molecule has 0 amide bonds. The molecule has 0 radical (unpaired) electrons. The predicted octanol–water partition coefficient (Wildman–Crippen LogP) is 16.6. The van der Waals surface area contributed by atoms with Gasteiger partial charge in [0, 0.05) is 27.3 Å². The Morgan fingerprint density at radius 3 is 1.18 bits per heavy atom. The fraction of sp³-hybridized carbons (Fsp3) is 0.655. The van der Waals surface area contributed by atoms with Crippen LogP contribution in [-0.2, 0) is 37.6 Å². The van der Waals surface area contributed by atoms with E-state index in [0.717, 1.165) is 50.4 Å². The fourth-order valence-electron chi connectivity index (χ4n) is 7.63. The minimum absolute atomic E-state index is 0.105. The number of phenols is 3. The van der Waals surface area contributed by atoms with Crippen LogP contribution in [0.3, 0.4) is 0 Å². The Morgan fingerprint density at radius 2 is 0.836 bits per heavy atom. The molecule has 3 N–H and O–H groups in total. The van der Waals surface area contributed by atoms with Crippen molar-refractivity contribution in [3.8, 4) is 17.2 Å². The van der Waals surface area contributed by atoms with Crippen molar-refractivity contribution in [2.24, 2.45) is 0 Å². The molecule has 0 aliphatic carbocycles. The average molecular weight is 861 g/mol. The first-order valence-electron chi connectivity index (χ1n) is 23.8. The van der Waals surface area contributed by atoms with Crippen molar-refractivity contribution in [2.75, 3.05) is 6.61 Å². The van der Waals surface area contributed by atoms with E-state index in [1.54, 1.807) is 23.9 Å². The van der Waals surface area contributed by atoms with Gasteiger partial charge in [0.15, 0.2) is 0 Å². The highest BCUT2D eigenvalue weighted by molar-refractivity contribution is 7.99. The lowest BCUT2D eigenvalue weighted by atomic mass is 9.78. The summed E-state index contributed by atoms with van der Waals surface area (Å²) < 4.78 is 5.51. The first-order chi connectivity index (χ1) is 28.4. The molecular weight excluding hydrogens is 773 g/mol. The molecule has 0 bridgehead atoms. The molecule has 3 rings (SSSR count). The first kappa shape index (κ1) is 54.0. The topological polar surface area (TPSA) is 87.0 Å². The minimum atomic E-state index is -0.159. The number of unbranched alkanes of at least 4 members (excludes halogenated alkanes) is 15. The molecule has 0 aromatic heterocycles. The molecule has 61 heavy (non-hydrogen) atoms. The zero-order chi connectivity index (χ0) is 45.9. The van der Waals surface area contributed by atoms with Crippen LogP contribution in [0.5, 0.6) is 17.2 Å². The van der Waals surface area contributed by atoms with Crippen molar-refractivity contribution < 1.29 is 24.9 Å². The van der Waals surface area contributed by atoms with Crippen LogP contribution >= 0.6 is 11.8 Å². The summed E-state index contributed by atoms with van der Waals surface area (Å²) in [5, 5.41) is 31.0. The Kier molecular flexibility index (Phi) is 22.9. The number of phenolic OH excluding ortho intramolecular Hbond substituents is 3. The van der Waals surface area contributed by atoms with Gasteiger partial charge < -0.3 is 20.1 Å². The van der Waals surface area contributed by atoms with Gasteiger partial charge in [0.25, 0.3) is 0 Å². The van der Waals surface area contributed by atoms with Crippen LogP contribution < -0.4 is 0 Å². The molecule has 0 fully saturated rings. The summed E-state index contributed by atoms with van der Waals surface area (Å²) in [6.45, 7) is 28.1. The summed E-state index contributed by atoms with van der Waals surface area (Å²) in [4.78, 5) is 14.5. The number of ether oxygens (including phenoxy) is 1. The first-order valence-corrected chi connectivity index (χ1v) is 24.6. The molecule has 6 heteroatoms. The monoisotopic (exact) mass is 861 g/mol. The van der Waals surface area contributed by atoms with Crippen molar-refractivity contribution in [1.82, 2.24) is 0 Å². The second kappa shape index (κ2) is 25.9. The molecule has 0 unspecified atom stereocenters. The van der Waals surface area contributed by atoms with E-state index in [2.05, 4.69) is 102 Å². The Labute approximate surface area is 378 Å². The van der Waals surface area contributed by atoms with Gasteiger partial charge in [-0.15, -0.1) is 0 Å². The summed E-state index contributed by atoms with van der Waals surface area (Å²) in [7, 11) is 0. The smallest absolute Gasteiger partial charge is 0.306 e. The van der Waals surface area contributed by atoms with Crippen LogP contribution in [0, 0.1) is 0 Å². The largest absolute Gasteiger partial charge is 0.508 e. The number of hydrogen-bond acceptors (Lipinski definition) is 6. The number of aromatic hydroxyl groups is 3. The van der Waals surface area contributed by atoms with E-state index in [9.17, 15) is 20.1 Å². The number of carbonyl (C=O) groups is 1. The molecule has 3 aromatic carbocycles. The van der Waals surface area contributed by atoms with Gasteiger partial charge in [0.2, 0.25) is 0 Å². The summed E-state index contributed by atoms with van der Waals surface area (Å²) in [5.41, 5.74) is 4.34. The summed E-state index contributed by atoms with van der Waals surface area (Å²) >= 11 is 1.64. The SMILES string of the molecule is CC(C)(C)c1cc(Sc2ccc(O)c(C(C)(C)C)c2)ccc1O.CCCCCCCCCCCCCCCCCCOC(=O)CCc1cc(C(C)(C)C)c(O)c(C(C)(C)C)c1. The third-order valence-electron chi connectivity index (χ3n) is 11.5. The average Bonchev–Trinajstić information content (AvgIpc) is 3.15.